The molecule has 10 nitrogen and oxygen atoms in total. The van der Waals surface area contributed by atoms with Crippen LogP contribution in [0.15, 0.2) is 24.4 Å². The lowest BCUT2D eigenvalue weighted by Gasteiger charge is -2.23. The van der Waals surface area contributed by atoms with E-state index >= 15 is 0 Å². The van der Waals surface area contributed by atoms with Crippen molar-refractivity contribution in [3.05, 3.63) is 30.1 Å². The Balaban J connectivity index is 1.31. The summed E-state index contributed by atoms with van der Waals surface area (Å²) in [6.45, 7) is 9.10. The molecule has 1 unspecified atom stereocenters. The first-order valence-corrected chi connectivity index (χ1v) is 10.4. The van der Waals surface area contributed by atoms with Gasteiger partial charge in [0, 0.05) is 48.9 Å². The molecule has 1 aliphatic carbocycles. The number of anilines is 3. The molecule has 3 N–H and O–H groups in total. The van der Waals surface area contributed by atoms with Crippen LogP contribution in [-0.2, 0) is 4.74 Å². The molecule has 0 spiro atoms. The minimum Gasteiger partial charge on any atom is -0.444 e. The van der Waals surface area contributed by atoms with Crippen LogP contribution in [0, 0.1) is 18.8 Å². The molecule has 31 heavy (non-hydrogen) atoms. The first kappa shape index (κ1) is 19.5. The number of hydrogen-bond donors (Lipinski definition) is 3. The van der Waals surface area contributed by atoms with E-state index in [-0.39, 0.29) is 12.1 Å². The summed E-state index contributed by atoms with van der Waals surface area (Å²) < 4.78 is 5.37. The van der Waals surface area contributed by atoms with Gasteiger partial charge in [0.2, 0.25) is 5.95 Å². The van der Waals surface area contributed by atoms with E-state index in [2.05, 4.69) is 35.7 Å². The van der Waals surface area contributed by atoms with Gasteiger partial charge in [-0.3, -0.25) is 5.10 Å². The Morgan fingerprint density at radius 1 is 1.26 bits per heavy atom. The molecule has 3 aromatic rings. The van der Waals surface area contributed by atoms with E-state index in [1.165, 1.54) is 0 Å². The average molecular weight is 422 g/mol. The summed E-state index contributed by atoms with van der Waals surface area (Å²) in [5.74, 6) is 2.74. The fourth-order valence-electron chi connectivity index (χ4n) is 4.14. The number of amides is 1. The zero-order chi connectivity index (χ0) is 21.8. The molecule has 162 valence electrons. The molecule has 3 aromatic heterocycles. The highest BCUT2D eigenvalue weighted by molar-refractivity contribution is 5.89. The van der Waals surface area contributed by atoms with Gasteiger partial charge in [0.05, 0.1) is 5.39 Å². The number of pyridine rings is 1. The summed E-state index contributed by atoms with van der Waals surface area (Å²) in [4.78, 5) is 28.1. The van der Waals surface area contributed by atoms with E-state index in [1.54, 1.807) is 6.20 Å². The maximum atomic E-state index is 12.1. The maximum absolute atomic E-state index is 12.1. The molecule has 2 aliphatic rings. The number of aromatic amines is 1. The van der Waals surface area contributed by atoms with Crippen LogP contribution in [0.3, 0.4) is 0 Å². The van der Waals surface area contributed by atoms with Crippen molar-refractivity contribution in [2.24, 2.45) is 11.8 Å². The van der Waals surface area contributed by atoms with E-state index in [4.69, 9.17) is 9.72 Å². The summed E-state index contributed by atoms with van der Waals surface area (Å²) in [5, 5.41) is 14.3. The normalized spacial score (nSPS) is 22.3. The van der Waals surface area contributed by atoms with Crippen LogP contribution in [-0.4, -0.2) is 56.0 Å². The van der Waals surface area contributed by atoms with Gasteiger partial charge in [-0.2, -0.15) is 15.1 Å². The zero-order valence-electron chi connectivity index (χ0n) is 18.0. The molecule has 0 aromatic carbocycles. The Labute approximate surface area is 179 Å². The predicted molar refractivity (Wildman–Crippen MR) is 116 cm³/mol. The minimum absolute atomic E-state index is 0.148. The highest BCUT2D eigenvalue weighted by Gasteiger charge is 2.57. The van der Waals surface area contributed by atoms with Crippen molar-refractivity contribution in [3.63, 3.8) is 0 Å². The Kier molecular flexibility index (Phi) is 4.45. The number of hydrogen-bond acceptors (Lipinski definition) is 8. The monoisotopic (exact) mass is 422 g/mol. The van der Waals surface area contributed by atoms with Crippen LogP contribution in [0.1, 0.15) is 26.5 Å². The number of rotatable bonds is 4. The van der Waals surface area contributed by atoms with Crippen LogP contribution in [0.2, 0.25) is 0 Å². The third-order valence-corrected chi connectivity index (χ3v) is 5.57. The van der Waals surface area contributed by atoms with Crippen molar-refractivity contribution < 1.29 is 9.53 Å². The first-order valence-electron chi connectivity index (χ1n) is 10.4. The molecular weight excluding hydrogens is 396 g/mol. The third kappa shape index (κ3) is 3.97. The number of nitrogens with zero attached hydrogens (tertiary/aromatic N) is 5. The van der Waals surface area contributed by atoms with E-state index in [1.807, 2.05) is 45.9 Å². The molecule has 4 heterocycles. The van der Waals surface area contributed by atoms with Crippen LogP contribution >= 0.6 is 0 Å². The fourth-order valence-corrected chi connectivity index (χ4v) is 4.14. The van der Waals surface area contributed by atoms with Crippen LogP contribution in [0.5, 0.6) is 0 Å². The summed E-state index contributed by atoms with van der Waals surface area (Å²) >= 11 is 0. The van der Waals surface area contributed by atoms with E-state index in [0.29, 0.717) is 35.1 Å². The van der Waals surface area contributed by atoms with Gasteiger partial charge in [-0.15, -0.1) is 0 Å². The Hall–Kier alpha value is -3.43. The molecule has 1 saturated heterocycles. The number of H-pyrrole nitrogens is 1. The molecule has 1 saturated carbocycles. The lowest BCUT2D eigenvalue weighted by atomic mass is 10.2. The molecule has 10 heteroatoms. The van der Waals surface area contributed by atoms with Crippen molar-refractivity contribution in [2.45, 2.75) is 39.3 Å². The quantitative estimate of drug-likeness (QED) is 0.587. The van der Waals surface area contributed by atoms with Gasteiger partial charge in [0.25, 0.3) is 0 Å². The van der Waals surface area contributed by atoms with Gasteiger partial charge < -0.3 is 20.3 Å². The van der Waals surface area contributed by atoms with Crippen molar-refractivity contribution in [3.8, 4) is 0 Å². The summed E-state index contributed by atoms with van der Waals surface area (Å²) in [5.41, 5.74) is 1.09. The number of nitrogens with one attached hydrogen (secondary N) is 3. The summed E-state index contributed by atoms with van der Waals surface area (Å²) in [7, 11) is 0. The lowest BCUT2D eigenvalue weighted by molar-refractivity contribution is 0.0518. The molecule has 1 amide bonds. The maximum Gasteiger partial charge on any atom is 0.407 e. The smallest absolute Gasteiger partial charge is 0.407 e. The average Bonchev–Trinajstić information content (AvgIpc) is 3.05. The molecule has 5 rings (SSSR count). The Morgan fingerprint density at radius 3 is 2.71 bits per heavy atom. The molecule has 2 fully saturated rings. The van der Waals surface area contributed by atoms with Crippen molar-refractivity contribution >= 4 is 34.7 Å². The van der Waals surface area contributed by atoms with E-state index < -0.39 is 5.60 Å². The van der Waals surface area contributed by atoms with E-state index in [9.17, 15) is 4.79 Å². The fraction of sp³-hybridized carbons (Fsp3) is 0.476. The predicted octanol–water partition coefficient (Wildman–Crippen LogP) is 2.76. The number of aryl methyl sites for hydroxylation is 1. The standard InChI is InChI=1S/C21H26N8O2/c1-11-8-15(28-27-11)23-18-12-6-5-7-22-17(12)25-19(26-18)29-9-13-14(10-29)16(13)24-20(30)31-21(2,3)4/h5-8,13-14,16H,9-10H2,1-4H3,(H,24,30)(H2,22,23,25,26,27,28)/t13-,14+,16?. The van der Waals surface area contributed by atoms with Crippen LogP contribution in [0.4, 0.5) is 22.4 Å². The number of carbonyl (C=O) groups is 1. The first-order chi connectivity index (χ1) is 14.8. The number of piperidine rings is 1. The molecule has 0 bridgehead atoms. The Bertz CT molecular complexity index is 1130. The van der Waals surface area contributed by atoms with Crippen LogP contribution < -0.4 is 15.5 Å². The van der Waals surface area contributed by atoms with Crippen molar-refractivity contribution in [1.29, 1.82) is 0 Å². The lowest BCUT2D eigenvalue weighted by Crippen LogP contribution is -2.38. The van der Waals surface area contributed by atoms with Gasteiger partial charge in [-0.05, 0) is 39.8 Å². The molecule has 1 aliphatic heterocycles. The van der Waals surface area contributed by atoms with Crippen LogP contribution in [0.25, 0.3) is 11.0 Å². The van der Waals surface area contributed by atoms with Gasteiger partial charge >= 0.3 is 6.09 Å². The Morgan fingerprint density at radius 2 is 2.03 bits per heavy atom. The second-order valence-corrected chi connectivity index (χ2v) is 9.21. The molecule has 3 atom stereocenters. The van der Waals surface area contributed by atoms with Crippen molar-refractivity contribution in [2.75, 3.05) is 23.3 Å². The number of carbonyl (C=O) groups excluding carboxylic acids is 1. The topological polar surface area (TPSA) is 121 Å². The second kappa shape index (κ2) is 7.07. The van der Waals surface area contributed by atoms with E-state index in [0.717, 1.165) is 24.2 Å². The van der Waals surface area contributed by atoms with Gasteiger partial charge in [0.1, 0.15) is 11.4 Å². The molecule has 0 radical (unpaired) electrons. The second-order valence-electron chi connectivity index (χ2n) is 9.21. The van der Waals surface area contributed by atoms with Gasteiger partial charge in [-0.25, -0.2) is 9.78 Å². The van der Waals surface area contributed by atoms with Gasteiger partial charge in [0.15, 0.2) is 11.5 Å². The highest BCUT2D eigenvalue weighted by atomic mass is 16.6. The number of aromatic nitrogens is 5. The number of alkyl carbamates (subject to hydrolysis) is 1. The van der Waals surface area contributed by atoms with Crippen molar-refractivity contribution in [1.82, 2.24) is 30.5 Å². The largest absolute Gasteiger partial charge is 0.444 e. The molecular formula is C21H26N8O2. The summed E-state index contributed by atoms with van der Waals surface area (Å²) in [6, 6.07) is 5.87. The highest BCUT2D eigenvalue weighted by Crippen LogP contribution is 2.46. The number of ether oxygens (including phenoxy) is 1. The summed E-state index contributed by atoms with van der Waals surface area (Å²) in [6.07, 6.45) is 1.37. The zero-order valence-corrected chi connectivity index (χ0v) is 18.0. The number of fused-ring (bicyclic) bond motifs is 2. The van der Waals surface area contributed by atoms with Gasteiger partial charge in [-0.1, -0.05) is 0 Å². The SMILES string of the molecule is Cc1cc(Nc2nc(N3C[C@@H]4C(NC(=O)OC(C)(C)C)[C@@H]4C3)nc3ncccc23)n[nH]1. The minimum atomic E-state index is -0.498. The third-order valence-electron chi connectivity index (χ3n) is 5.57.